The number of carbonyl (C=O) groups is 3. The Balaban J connectivity index is 1.33. The molecular formula is C26H23ClN2O6. The van der Waals surface area contributed by atoms with Crippen molar-refractivity contribution in [3.63, 3.8) is 0 Å². The number of benzene rings is 3. The number of imide groups is 1. The SMILES string of the molecule is COc1cc(C(=O)NC[C@@H](O)CN2C(=O)c3ccccc3C2=O)ccc1OCc1ccccc1Cl. The molecule has 4 rings (SSSR count). The summed E-state index contributed by atoms with van der Waals surface area (Å²) in [6.07, 6.45) is -1.14. The molecule has 2 N–H and O–H groups in total. The number of methoxy groups -OCH3 is 1. The highest BCUT2D eigenvalue weighted by molar-refractivity contribution is 6.31. The van der Waals surface area contributed by atoms with Gasteiger partial charge in [0.15, 0.2) is 11.5 Å². The molecule has 3 amide bonds. The van der Waals surface area contributed by atoms with Gasteiger partial charge in [-0.3, -0.25) is 19.3 Å². The molecule has 9 heteroatoms. The van der Waals surface area contributed by atoms with Crippen LogP contribution in [0.2, 0.25) is 5.02 Å². The third kappa shape index (κ3) is 5.29. The molecule has 1 heterocycles. The van der Waals surface area contributed by atoms with E-state index in [1.54, 1.807) is 42.5 Å². The van der Waals surface area contributed by atoms with E-state index in [0.717, 1.165) is 10.5 Å². The van der Waals surface area contributed by atoms with Crippen LogP contribution in [0, 0.1) is 0 Å². The summed E-state index contributed by atoms with van der Waals surface area (Å²) in [5.41, 5.74) is 1.71. The number of ether oxygens (including phenoxy) is 2. The number of hydrogen-bond acceptors (Lipinski definition) is 6. The fourth-order valence-corrected chi connectivity index (χ4v) is 3.88. The minimum atomic E-state index is -1.14. The second-order valence-electron chi connectivity index (χ2n) is 7.88. The average Bonchev–Trinajstić information content (AvgIpc) is 3.11. The first kappa shape index (κ1) is 24.3. The van der Waals surface area contributed by atoms with E-state index in [4.69, 9.17) is 21.1 Å². The molecule has 3 aromatic rings. The van der Waals surface area contributed by atoms with E-state index in [1.165, 1.54) is 13.2 Å². The second kappa shape index (κ2) is 10.6. The fourth-order valence-electron chi connectivity index (χ4n) is 3.69. The molecule has 0 bridgehead atoms. The Morgan fingerprint density at radius 1 is 1.00 bits per heavy atom. The third-order valence-corrected chi connectivity index (χ3v) is 5.91. The van der Waals surface area contributed by atoms with Gasteiger partial charge < -0.3 is 19.9 Å². The van der Waals surface area contributed by atoms with Crippen LogP contribution in [0.5, 0.6) is 11.5 Å². The number of hydrogen-bond donors (Lipinski definition) is 2. The number of nitrogens with one attached hydrogen (secondary N) is 1. The largest absolute Gasteiger partial charge is 0.493 e. The van der Waals surface area contributed by atoms with Gasteiger partial charge in [0.2, 0.25) is 0 Å². The van der Waals surface area contributed by atoms with Gasteiger partial charge in [-0.25, -0.2) is 0 Å². The molecule has 0 radical (unpaired) electrons. The van der Waals surface area contributed by atoms with Gasteiger partial charge in [-0.05, 0) is 36.4 Å². The van der Waals surface area contributed by atoms with Gasteiger partial charge in [0.05, 0.1) is 30.9 Å². The van der Waals surface area contributed by atoms with Crippen molar-refractivity contribution < 1.29 is 29.0 Å². The van der Waals surface area contributed by atoms with Crippen molar-refractivity contribution in [2.75, 3.05) is 20.2 Å². The van der Waals surface area contributed by atoms with Crippen LogP contribution >= 0.6 is 11.6 Å². The Kier molecular flexibility index (Phi) is 7.33. The van der Waals surface area contributed by atoms with E-state index in [1.807, 2.05) is 18.2 Å². The maximum Gasteiger partial charge on any atom is 0.261 e. The first-order valence-corrected chi connectivity index (χ1v) is 11.2. The lowest BCUT2D eigenvalue weighted by molar-refractivity contribution is 0.0542. The molecule has 0 fully saturated rings. The van der Waals surface area contributed by atoms with Crippen molar-refractivity contribution in [3.05, 3.63) is 94.0 Å². The Hall–Kier alpha value is -3.88. The fraction of sp³-hybridized carbons (Fsp3) is 0.192. The second-order valence-corrected chi connectivity index (χ2v) is 8.28. The van der Waals surface area contributed by atoms with Gasteiger partial charge in [-0.1, -0.05) is 41.9 Å². The summed E-state index contributed by atoms with van der Waals surface area (Å²) in [5.74, 6) is -0.588. The van der Waals surface area contributed by atoms with Gasteiger partial charge in [-0.15, -0.1) is 0 Å². The lowest BCUT2D eigenvalue weighted by atomic mass is 10.1. The van der Waals surface area contributed by atoms with Crippen LogP contribution in [0.3, 0.4) is 0 Å². The standard InChI is InChI=1S/C26H23ClN2O6/c1-34-23-12-16(10-11-22(23)35-15-17-6-2-5-9-21(17)27)24(31)28-13-18(30)14-29-25(32)19-7-3-4-8-20(19)26(29)33/h2-12,18,30H,13-15H2,1H3,(H,28,31)/t18-/m1/s1. The number of halogens is 1. The quantitative estimate of drug-likeness (QED) is 0.442. The maximum absolute atomic E-state index is 12.6. The molecule has 0 saturated carbocycles. The molecule has 3 aromatic carbocycles. The van der Waals surface area contributed by atoms with Crippen LogP contribution in [0.4, 0.5) is 0 Å². The summed E-state index contributed by atoms with van der Waals surface area (Å²) in [5, 5.41) is 13.5. The van der Waals surface area contributed by atoms with E-state index in [2.05, 4.69) is 5.32 Å². The van der Waals surface area contributed by atoms with Crippen molar-refractivity contribution in [2.45, 2.75) is 12.7 Å². The zero-order valence-corrected chi connectivity index (χ0v) is 19.6. The van der Waals surface area contributed by atoms with Crippen molar-refractivity contribution >= 4 is 29.3 Å². The summed E-state index contributed by atoms with van der Waals surface area (Å²) >= 11 is 6.16. The summed E-state index contributed by atoms with van der Waals surface area (Å²) in [7, 11) is 1.46. The summed E-state index contributed by atoms with van der Waals surface area (Å²) in [6, 6.07) is 18.5. The molecule has 0 aromatic heterocycles. The van der Waals surface area contributed by atoms with E-state index < -0.39 is 23.8 Å². The van der Waals surface area contributed by atoms with E-state index >= 15 is 0 Å². The summed E-state index contributed by atoms with van der Waals surface area (Å²) in [4.78, 5) is 38.5. The van der Waals surface area contributed by atoms with Crippen molar-refractivity contribution in [1.29, 1.82) is 0 Å². The number of aliphatic hydroxyl groups is 1. The minimum Gasteiger partial charge on any atom is -0.493 e. The van der Waals surface area contributed by atoms with E-state index in [-0.39, 0.29) is 19.7 Å². The maximum atomic E-state index is 12.6. The molecule has 0 aliphatic carbocycles. The molecule has 1 aliphatic rings. The zero-order chi connectivity index (χ0) is 24.9. The Bertz CT molecular complexity index is 1240. The topological polar surface area (TPSA) is 105 Å². The molecule has 8 nitrogen and oxygen atoms in total. The number of rotatable bonds is 9. The van der Waals surface area contributed by atoms with E-state index in [9.17, 15) is 19.5 Å². The molecular weight excluding hydrogens is 472 g/mol. The summed E-state index contributed by atoms with van der Waals surface area (Å²) < 4.78 is 11.2. The van der Waals surface area contributed by atoms with Gasteiger partial charge in [-0.2, -0.15) is 0 Å². The highest BCUT2D eigenvalue weighted by Crippen LogP contribution is 2.29. The first-order chi connectivity index (χ1) is 16.9. The molecule has 0 saturated heterocycles. The predicted octanol–water partition coefficient (Wildman–Crippen LogP) is 3.31. The van der Waals surface area contributed by atoms with Gasteiger partial charge in [0, 0.05) is 22.7 Å². The normalized spacial score (nSPS) is 13.4. The van der Waals surface area contributed by atoms with Gasteiger partial charge >= 0.3 is 0 Å². The molecule has 1 atom stereocenters. The number of aliphatic hydroxyl groups excluding tert-OH is 1. The molecule has 0 spiro atoms. The van der Waals surface area contributed by atoms with Crippen molar-refractivity contribution in [1.82, 2.24) is 10.2 Å². The van der Waals surface area contributed by atoms with Crippen LogP contribution in [0.15, 0.2) is 66.7 Å². The highest BCUT2D eigenvalue weighted by atomic mass is 35.5. The Labute approximate surface area is 207 Å². The monoisotopic (exact) mass is 494 g/mol. The van der Waals surface area contributed by atoms with Gasteiger partial charge in [0.1, 0.15) is 6.61 Å². The third-order valence-electron chi connectivity index (χ3n) is 5.54. The molecule has 1 aliphatic heterocycles. The number of amides is 3. The Morgan fingerprint density at radius 3 is 2.31 bits per heavy atom. The van der Waals surface area contributed by atoms with Crippen LogP contribution in [0.25, 0.3) is 0 Å². The number of fused-ring (bicyclic) bond motifs is 1. The average molecular weight is 495 g/mol. The van der Waals surface area contributed by atoms with Crippen LogP contribution in [-0.4, -0.2) is 54.0 Å². The Morgan fingerprint density at radius 2 is 1.66 bits per heavy atom. The lowest BCUT2D eigenvalue weighted by Crippen LogP contribution is -2.42. The van der Waals surface area contributed by atoms with Crippen LogP contribution < -0.4 is 14.8 Å². The van der Waals surface area contributed by atoms with Gasteiger partial charge in [0.25, 0.3) is 17.7 Å². The zero-order valence-electron chi connectivity index (χ0n) is 18.9. The smallest absolute Gasteiger partial charge is 0.261 e. The number of β-amino-alcohol motifs (C(OH)–C–C–N with tert-alkyl or cyclic N) is 1. The predicted molar refractivity (Wildman–Crippen MR) is 129 cm³/mol. The molecule has 0 unspecified atom stereocenters. The molecule has 180 valence electrons. The lowest BCUT2D eigenvalue weighted by Gasteiger charge is -2.19. The number of nitrogens with zero attached hydrogens (tertiary/aromatic N) is 1. The molecule has 35 heavy (non-hydrogen) atoms. The van der Waals surface area contributed by atoms with Crippen molar-refractivity contribution in [2.24, 2.45) is 0 Å². The van der Waals surface area contributed by atoms with E-state index in [0.29, 0.717) is 33.2 Å². The highest BCUT2D eigenvalue weighted by Gasteiger charge is 2.36. The van der Waals surface area contributed by atoms with Crippen molar-refractivity contribution in [3.8, 4) is 11.5 Å². The first-order valence-electron chi connectivity index (χ1n) is 10.8. The van der Waals surface area contributed by atoms with Crippen LogP contribution in [0.1, 0.15) is 36.6 Å². The minimum absolute atomic E-state index is 0.153. The van der Waals surface area contributed by atoms with Crippen LogP contribution in [-0.2, 0) is 6.61 Å². The number of carbonyl (C=O) groups excluding carboxylic acids is 3. The summed E-state index contributed by atoms with van der Waals surface area (Å²) in [6.45, 7) is -0.157.